The lowest BCUT2D eigenvalue weighted by atomic mass is 9.94. The summed E-state index contributed by atoms with van der Waals surface area (Å²) in [4.78, 5) is 27.9. The number of carbonyl (C=O) groups is 2. The van der Waals surface area contributed by atoms with Crippen molar-refractivity contribution in [2.24, 2.45) is 11.8 Å². The van der Waals surface area contributed by atoms with E-state index in [1.54, 1.807) is 26.4 Å². The Bertz CT molecular complexity index is 1040. The monoisotopic (exact) mass is 527 g/mol. The number of carbonyl (C=O) groups excluding carboxylic acids is 2. The normalized spacial score (nSPS) is 16.9. The van der Waals surface area contributed by atoms with Gasteiger partial charge in [0, 0.05) is 57.9 Å². The molecule has 3 N–H and O–H groups in total. The van der Waals surface area contributed by atoms with Crippen LogP contribution in [0, 0.1) is 11.8 Å². The molecule has 0 unspecified atom stereocenters. The van der Waals surface area contributed by atoms with E-state index in [0.29, 0.717) is 44.7 Å². The van der Waals surface area contributed by atoms with Crippen molar-refractivity contribution < 1.29 is 28.9 Å². The van der Waals surface area contributed by atoms with Crippen LogP contribution in [0.4, 0.5) is 0 Å². The number of amides is 2. The molecule has 2 aromatic rings. The quantitative estimate of drug-likeness (QED) is 0.324. The van der Waals surface area contributed by atoms with Crippen LogP contribution in [0.1, 0.15) is 36.2 Å². The molecule has 0 saturated carbocycles. The molecule has 0 radical (unpaired) electrons. The fourth-order valence-corrected chi connectivity index (χ4v) is 4.57. The zero-order valence-electron chi connectivity index (χ0n) is 22.9. The number of phenols is 1. The van der Waals surface area contributed by atoms with Crippen molar-refractivity contribution in [3.05, 3.63) is 53.6 Å². The number of methoxy groups -OCH3 is 2. The summed E-state index contributed by atoms with van der Waals surface area (Å²) >= 11 is 0. The summed E-state index contributed by atoms with van der Waals surface area (Å²) < 4.78 is 15.9. The van der Waals surface area contributed by atoms with Crippen LogP contribution >= 0.6 is 0 Å². The first kappa shape index (κ1) is 29.3. The molecule has 0 bridgehead atoms. The maximum Gasteiger partial charge on any atom is 0.254 e. The molecule has 1 heterocycles. The minimum absolute atomic E-state index is 0.000465. The van der Waals surface area contributed by atoms with E-state index in [-0.39, 0.29) is 41.2 Å². The molecule has 9 heteroatoms. The minimum atomic E-state index is -0.115. The van der Waals surface area contributed by atoms with Gasteiger partial charge < -0.3 is 34.9 Å². The maximum absolute atomic E-state index is 13.5. The van der Waals surface area contributed by atoms with Gasteiger partial charge in [-0.2, -0.15) is 0 Å². The SMILES string of the molecule is COCCCOc1cc(C(=O)N(C[C@@H]2CNC[C@H]2CNC(=O)Cc2ccc(OC)cc2)C(C)C)ccc1O. The molecular weight excluding hydrogens is 486 g/mol. The topological polar surface area (TPSA) is 109 Å². The van der Waals surface area contributed by atoms with Crippen molar-refractivity contribution in [1.82, 2.24) is 15.5 Å². The summed E-state index contributed by atoms with van der Waals surface area (Å²) in [5.74, 6) is 1.32. The molecule has 9 nitrogen and oxygen atoms in total. The number of nitrogens with one attached hydrogen (secondary N) is 2. The van der Waals surface area contributed by atoms with Gasteiger partial charge in [0.2, 0.25) is 5.91 Å². The lowest BCUT2D eigenvalue weighted by Gasteiger charge is -2.31. The van der Waals surface area contributed by atoms with Crippen LogP contribution in [-0.2, 0) is 16.0 Å². The number of hydrogen-bond donors (Lipinski definition) is 3. The molecular formula is C29H41N3O6. The van der Waals surface area contributed by atoms with Gasteiger partial charge in [-0.05, 0) is 61.6 Å². The Hall–Kier alpha value is -3.30. The average Bonchev–Trinajstić information content (AvgIpc) is 3.36. The van der Waals surface area contributed by atoms with Gasteiger partial charge in [-0.15, -0.1) is 0 Å². The predicted octanol–water partition coefficient (Wildman–Crippen LogP) is 2.86. The van der Waals surface area contributed by atoms with Crippen LogP contribution in [0.15, 0.2) is 42.5 Å². The number of rotatable bonds is 14. The molecule has 1 aliphatic heterocycles. The Balaban J connectivity index is 1.58. The number of phenolic OH excluding ortho intramolecular Hbond substituents is 1. The molecule has 0 aromatic heterocycles. The average molecular weight is 528 g/mol. The first-order valence-electron chi connectivity index (χ1n) is 13.2. The molecule has 2 amide bonds. The van der Waals surface area contributed by atoms with Crippen molar-refractivity contribution in [2.75, 3.05) is 53.6 Å². The molecule has 0 aliphatic carbocycles. The summed E-state index contributed by atoms with van der Waals surface area (Å²) in [7, 11) is 3.24. The van der Waals surface area contributed by atoms with E-state index in [1.165, 1.54) is 6.07 Å². The Morgan fingerprint density at radius 3 is 2.50 bits per heavy atom. The molecule has 3 rings (SSSR count). The third kappa shape index (κ3) is 8.36. The molecule has 2 atom stereocenters. The summed E-state index contributed by atoms with van der Waals surface area (Å²) in [6.07, 6.45) is 0.987. The number of ether oxygens (including phenoxy) is 3. The Kier molecular flexibility index (Phi) is 11.2. The first-order valence-corrected chi connectivity index (χ1v) is 13.2. The molecule has 0 spiro atoms. The number of nitrogens with zero attached hydrogens (tertiary/aromatic N) is 1. The predicted molar refractivity (Wildman–Crippen MR) is 146 cm³/mol. The molecule has 208 valence electrons. The fraction of sp³-hybridized carbons (Fsp3) is 0.517. The van der Waals surface area contributed by atoms with Gasteiger partial charge in [-0.25, -0.2) is 0 Å². The summed E-state index contributed by atoms with van der Waals surface area (Å²) in [6.45, 7) is 7.60. The molecule has 38 heavy (non-hydrogen) atoms. The minimum Gasteiger partial charge on any atom is -0.504 e. The fourth-order valence-electron chi connectivity index (χ4n) is 4.57. The number of benzene rings is 2. The van der Waals surface area contributed by atoms with Crippen LogP contribution in [0.2, 0.25) is 0 Å². The summed E-state index contributed by atoms with van der Waals surface area (Å²) in [6, 6.07) is 12.2. The zero-order valence-corrected chi connectivity index (χ0v) is 22.9. The van der Waals surface area contributed by atoms with E-state index in [1.807, 2.05) is 43.0 Å². The van der Waals surface area contributed by atoms with Crippen molar-refractivity contribution >= 4 is 11.8 Å². The van der Waals surface area contributed by atoms with Crippen molar-refractivity contribution in [3.8, 4) is 17.2 Å². The smallest absolute Gasteiger partial charge is 0.254 e. The Morgan fingerprint density at radius 2 is 1.82 bits per heavy atom. The Labute approximate surface area is 225 Å². The van der Waals surface area contributed by atoms with Crippen LogP contribution in [-0.4, -0.2) is 81.5 Å². The highest BCUT2D eigenvalue weighted by Gasteiger charge is 2.32. The van der Waals surface area contributed by atoms with Crippen LogP contribution < -0.4 is 20.1 Å². The van der Waals surface area contributed by atoms with Gasteiger partial charge in [0.25, 0.3) is 5.91 Å². The molecule has 1 fully saturated rings. The highest BCUT2D eigenvalue weighted by molar-refractivity contribution is 5.95. The molecule has 2 aromatic carbocycles. The van der Waals surface area contributed by atoms with Crippen LogP contribution in [0.5, 0.6) is 17.2 Å². The second kappa shape index (κ2) is 14.6. The van der Waals surface area contributed by atoms with E-state index in [0.717, 1.165) is 24.4 Å². The van der Waals surface area contributed by atoms with E-state index in [4.69, 9.17) is 14.2 Å². The second-order valence-electron chi connectivity index (χ2n) is 9.94. The van der Waals surface area contributed by atoms with Crippen LogP contribution in [0.3, 0.4) is 0 Å². The van der Waals surface area contributed by atoms with Crippen molar-refractivity contribution in [1.29, 1.82) is 0 Å². The lowest BCUT2D eigenvalue weighted by molar-refractivity contribution is -0.120. The van der Waals surface area contributed by atoms with E-state index < -0.39 is 0 Å². The van der Waals surface area contributed by atoms with E-state index >= 15 is 0 Å². The van der Waals surface area contributed by atoms with Gasteiger partial charge in [-0.1, -0.05) is 12.1 Å². The molecule has 1 saturated heterocycles. The third-order valence-corrected chi connectivity index (χ3v) is 6.84. The van der Waals surface area contributed by atoms with Gasteiger partial charge in [0.1, 0.15) is 5.75 Å². The molecule has 1 aliphatic rings. The summed E-state index contributed by atoms with van der Waals surface area (Å²) in [5, 5.41) is 16.7. The largest absolute Gasteiger partial charge is 0.504 e. The maximum atomic E-state index is 13.5. The van der Waals surface area contributed by atoms with E-state index in [2.05, 4.69) is 10.6 Å². The highest BCUT2D eigenvalue weighted by Crippen LogP contribution is 2.28. The van der Waals surface area contributed by atoms with Gasteiger partial charge in [0.15, 0.2) is 11.5 Å². The van der Waals surface area contributed by atoms with E-state index in [9.17, 15) is 14.7 Å². The Morgan fingerprint density at radius 1 is 1.08 bits per heavy atom. The van der Waals surface area contributed by atoms with Crippen LogP contribution in [0.25, 0.3) is 0 Å². The highest BCUT2D eigenvalue weighted by atomic mass is 16.5. The third-order valence-electron chi connectivity index (χ3n) is 6.84. The zero-order chi connectivity index (χ0) is 27.5. The summed E-state index contributed by atoms with van der Waals surface area (Å²) in [5.41, 5.74) is 1.39. The van der Waals surface area contributed by atoms with Crippen molar-refractivity contribution in [2.45, 2.75) is 32.7 Å². The van der Waals surface area contributed by atoms with Gasteiger partial charge >= 0.3 is 0 Å². The second-order valence-corrected chi connectivity index (χ2v) is 9.94. The number of aromatic hydroxyl groups is 1. The van der Waals surface area contributed by atoms with Crippen molar-refractivity contribution in [3.63, 3.8) is 0 Å². The first-order chi connectivity index (χ1) is 18.3. The lowest BCUT2D eigenvalue weighted by Crippen LogP contribution is -2.43. The van der Waals surface area contributed by atoms with Gasteiger partial charge in [-0.3, -0.25) is 9.59 Å². The standard InChI is InChI=1S/C29H41N3O6/c1-20(2)32(29(35)22-8-11-26(33)27(15-22)38-13-5-12-36-3)19-24-17-30-16-23(24)18-31-28(34)14-21-6-9-25(37-4)10-7-21/h6-11,15,20,23-24,30,33H,5,12-14,16-19H2,1-4H3,(H,31,34)/t23-,24-/m0/s1. The number of hydrogen-bond acceptors (Lipinski definition) is 7. The van der Waals surface area contributed by atoms with Gasteiger partial charge in [0.05, 0.1) is 20.1 Å².